The minimum Gasteiger partial charge on any atom is -0.372 e. The van der Waals surface area contributed by atoms with Gasteiger partial charge in [-0.25, -0.2) is 0 Å². The standard InChI is InChI=1S/C11H20N2O2/c1-2-15-9-11(14)13-8-5-10-3-6-12-7-4-10/h3,12H,2,4-9H2,1H3,(H,13,14). The van der Waals surface area contributed by atoms with Gasteiger partial charge in [-0.3, -0.25) is 4.79 Å². The second-order valence-corrected chi connectivity index (χ2v) is 3.55. The Labute approximate surface area is 91.1 Å². The molecule has 86 valence electrons. The van der Waals surface area contributed by atoms with Crippen molar-refractivity contribution in [2.75, 3.05) is 32.8 Å². The van der Waals surface area contributed by atoms with Crippen molar-refractivity contribution in [2.45, 2.75) is 19.8 Å². The molecule has 0 aliphatic carbocycles. The Morgan fingerprint density at radius 1 is 1.67 bits per heavy atom. The van der Waals surface area contributed by atoms with Gasteiger partial charge in [0.2, 0.25) is 5.91 Å². The third-order valence-corrected chi connectivity index (χ3v) is 2.36. The van der Waals surface area contributed by atoms with Gasteiger partial charge in [-0.1, -0.05) is 11.6 Å². The highest BCUT2D eigenvalue weighted by Crippen LogP contribution is 2.07. The molecule has 0 aromatic heterocycles. The fourth-order valence-electron chi connectivity index (χ4n) is 1.50. The summed E-state index contributed by atoms with van der Waals surface area (Å²) in [5.41, 5.74) is 1.44. The van der Waals surface area contributed by atoms with Gasteiger partial charge in [-0.15, -0.1) is 0 Å². The van der Waals surface area contributed by atoms with Crippen molar-refractivity contribution in [3.05, 3.63) is 11.6 Å². The number of carbonyl (C=O) groups excluding carboxylic acids is 1. The average Bonchev–Trinajstić information content (AvgIpc) is 2.28. The predicted octanol–water partition coefficient (Wildman–Crippen LogP) is 0.449. The monoisotopic (exact) mass is 212 g/mol. The summed E-state index contributed by atoms with van der Waals surface area (Å²) in [6.07, 6.45) is 4.26. The van der Waals surface area contributed by atoms with E-state index in [2.05, 4.69) is 16.7 Å². The van der Waals surface area contributed by atoms with Crippen LogP contribution in [-0.2, 0) is 9.53 Å². The van der Waals surface area contributed by atoms with E-state index in [-0.39, 0.29) is 12.5 Å². The Morgan fingerprint density at radius 2 is 2.53 bits per heavy atom. The zero-order valence-electron chi connectivity index (χ0n) is 9.34. The van der Waals surface area contributed by atoms with Crippen LogP contribution < -0.4 is 10.6 Å². The van der Waals surface area contributed by atoms with E-state index in [0.717, 1.165) is 32.5 Å². The molecule has 0 atom stereocenters. The molecule has 0 radical (unpaired) electrons. The minimum atomic E-state index is -0.0219. The molecule has 1 aliphatic rings. The van der Waals surface area contributed by atoms with Crippen molar-refractivity contribution in [1.29, 1.82) is 0 Å². The maximum absolute atomic E-state index is 11.2. The van der Waals surface area contributed by atoms with E-state index in [1.54, 1.807) is 0 Å². The SMILES string of the molecule is CCOCC(=O)NCCC1=CCNCC1. The summed E-state index contributed by atoms with van der Waals surface area (Å²) >= 11 is 0. The van der Waals surface area contributed by atoms with Gasteiger partial charge >= 0.3 is 0 Å². The summed E-state index contributed by atoms with van der Waals surface area (Å²) in [6, 6.07) is 0. The Kier molecular flexibility index (Phi) is 6.04. The first-order chi connectivity index (χ1) is 7.33. The van der Waals surface area contributed by atoms with Crippen molar-refractivity contribution in [3.8, 4) is 0 Å². The van der Waals surface area contributed by atoms with E-state index in [9.17, 15) is 4.79 Å². The van der Waals surface area contributed by atoms with Gasteiger partial charge in [0.05, 0.1) is 0 Å². The molecule has 0 bridgehead atoms. The maximum atomic E-state index is 11.2. The van der Waals surface area contributed by atoms with Gasteiger partial charge < -0.3 is 15.4 Å². The van der Waals surface area contributed by atoms with Crippen LogP contribution in [0.15, 0.2) is 11.6 Å². The van der Waals surface area contributed by atoms with Crippen LogP contribution >= 0.6 is 0 Å². The lowest BCUT2D eigenvalue weighted by Crippen LogP contribution is -2.29. The van der Waals surface area contributed by atoms with Crippen LogP contribution in [0.4, 0.5) is 0 Å². The normalized spacial score (nSPS) is 15.9. The Morgan fingerprint density at radius 3 is 3.20 bits per heavy atom. The molecule has 4 nitrogen and oxygen atoms in total. The van der Waals surface area contributed by atoms with Gasteiger partial charge in [-0.05, 0) is 26.3 Å². The quantitative estimate of drug-likeness (QED) is 0.628. The summed E-state index contributed by atoms with van der Waals surface area (Å²) in [5.74, 6) is -0.0219. The van der Waals surface area contributed by atoms with Crippen LogP contribution in [0.5, 0.6) is 0 Å². The van der Waals surface area contributed by atoms with Gasteiger partial charge in [0, 0.05) is 19.7 Å². The molecule has 4 heteroatoms. The highest BCUT2D eigenvalue weighted by atomic mass is 16.5. The second-order valence-electron chi connectivity index (χ2n) is 3.55. The molecule has 0 saturated carbocycles. The van der Waals surface area contributed by atoms with Crippen molar-refractivity contribution < 1.29 is 9.53 Å². The lowest BCUT2D eigenvalue weighted by Gasteiger charge is -2.14. The fraction of sp³-hybridized carbons (Fsp3) is 0.727. The Hall–Kier alpha value is -0.870. The first-order valence-corrected chi connectivity index (χ1v) is 5.56. The summed E-state index contributed by atoms with van der Waals surface area (Å²) in [7, 11) is 0. The third kappa shape index (κ3) is 5.54. The summed E-state index contributed by atoms with van der Waals surface area (Å²) < 4.78 is 5.00. The molecule has 1 aliphatic heterocycles. The molecular formula is C11H20N2O2. The van der Waals surface area contributed by atoms with E-state index >= 15 is 0 Å². The fourth-order valence-corrected chi connectivity index (χ4v) is 1.50. The summed E-state index contributed by atoms with van der Waals surface area (Å²) in [5, 5.41) is 6.10. The smallest absolute Gasteiger partial charge is 0.246 e. The van der Waals surface area contributed by atoms with Gasteiger partial charge in [0.1, 0.15) is 6.61 Å². The van der Waals surface area contributed by atoms with Crippen molar-refractivity contribution in [3.63, 3.8) is 0 Å². The number of hydrogen-bond donors (Lipinski definition) is 2. The zero-order valence-corrected chi connectivity index (χ0v) is 9.34. The largest absolute Gasteiger partial charge is 0.372 e. The van der Waals surface area contributed by atoms with Crippen molar-refractivity contribution >= 4 is 5.91 Å². The van der Waals surface area contributed by atoms with E-state index in [1.807, 2.05) is 6.92 Å². The Balaban J connectivity index is 2.04. The molecule has 0 aromatic carbocycles. The van der Waals surface area contributed by atoms with Crippen LogP contribution in [0, 0.1) is 0 Å². The predicted molar refractivity (Wildman–Crippen MR) is 59.7 cm³/mol. The summed E-state index contributed by atoms with van der Waals surface area (Å²) in [6.45, 7) is 5.38. The van der Waals surface area contributed by atoms with E-state index in [0.29, 0.717) is 6.61 Å². The molecule has 1 heterocycles. The van der Waals surface area contributed by atoms with Crippen molar-refractivity contribution in [2.24, 2.45) is 0 Å². The van der Waals surface area contributed by atoms with Crippen LogP contribution in [0.3, 0.4) is 0 Å². The minimum absolute atomic E-state index is 0.0219. The lowest BCUT2D eigenvalue weighted by molar-refractivity contribution is -0.125. The molecule has 1 rings (SSSR count). The second kappa shape index (κ2) is 7.43. The number of carbonyl (C=O) groups is 1. The van der Waals surface area contributed by atoms with Crippen LogP contribution in [0.1, 0.15) is 19.8 Å². The number of rotatable bonds is 6. The zero-order chi connectivity index (χ0) is 10.9. The van der Waals surface area contributed by atoms with Crippen LogP contribution in [-0.4, -0.2) is 38.8 Å². The molecule has 0 spiro atoms. The summed E-state index contributed by atoms with van der Waals surface area (Å²) in [4.78, 5) is 11.2. The highest BCUT2D eigenvalue weighted by molar-refractivity contribution is 5.77. The molecule has 0 unspecified atom stereocenters. The molecule has 0 aromatic rings. The molecule has 15 heavy (non-hydrogen) atoms. The number of amides is 1. The molecule has 0 saturated heterocycles. The number of hydrogen-bond acceptors (Lipinski definition) is 3. The maximum Gasteiger partial charge on any atom is 0.246 e. The average molecular weight is 212 g/mol. The first-order valence-electron chi connectivity index (χ1n) is 5.56. The van der Waals surface area contributed by atoms with E-state index in [4.69, 9.17) is 4.74 Å². The lowest BCUT2D eigenvalue weighted by atomic mass is 10.1. The molecular weight excluding hydrogens is 192 g/mol. The molecule has 1 amide bonds. The van der Waals surface area contributed by atoms with Crippen LogP contribution in [0.25, 0.3) is 0 Å². The number of ether oxygens (including phenoxy) is 1. The number of nitrogens with one attached hydrogen (secondary N) is 2. The van der Waals surface area contributed by atoms with Gasteiger partial charge in [0.25, 0.3) is 0 Å². The molecule has 0 fully saturated rings. The topological polar surface area (TPSA) is 50.4 Å². The first kappa shape index (κ1) is 12.2. The highest BCUT2D eigenvalue weighted by Gasteiger charge is 2.04. The molecule has 2 N–H and O–H groups in total. The van der Waals surface area contributed by atoms with E-state index in [1.165, 1.54) is 5.57 Å². The third-order valence-electron chi connectivity index (χ3n) is 2.36. The Bertz CT molecular complexity index is 227. The van der Waals surface area contributed by atoms with Crippen LogP contribution in [0.2, 0.25) is 0 Å². The van der Waals surface area contributed by atoms with E-state index < -0.39 is 0 Å². The van der Waals surface area contributed by atoms with Gasteiger partial charge in [-0.2, -0.15) is 0 Å². The van der Waals surface area contributed by atoms with Gasteiger partial charge in [0.15, 0.2) is 0 Å². The van der Waals surface area contributed by atoms with Crippen molar-refractivity contribution in [1.82, 2.24) is 10.6 Å².